The van der Waals surface area contributed by atoms with E-state index in [9.17, 15) is 19.5 Å². The average molecular weight is 483 g/mol. The first-order valence-electron chi connectivity index (χ1n) is 12.0. The van der Waals surface area contributed by atoms with Gasteiger partial charge in [0, 0.05) is 5.92 Å². The van der Waals surface area contributed by atoms with Crippen molar-refractivity contribution in [3.63, 3.8) is 0 Å². The van der Waals surface area contributed by atoms with Crippen LogP contribution in [0, 0.1) is 28.6 Å². The van der Waals surface area contributed by atoms with E-state index in [0.29, 0.717) is 12.8 Å². The van der Waals surface area contributed by atoms with Crippen LogP contribution in [0.15, 0.2) is 11.6 Å². The van der Waals surface area contributed by atoms with E-state index < -0.39 is 59.2 Å². The number of carbonyl (C=O) groups excluding carboxylic acids is 3. The Morgan fingerprint density at radius 3 is 2.15 bits per heavy atom. The Bertz CT molecular complexity index is 799. The van der Waals surface area contributed by atoms with Gasteiger partial charge in [-0.2, -0.15) is 0 Å². The standard InChI is InChI=1S/C26H42O8/c1-15(2)12-26(9,24(3,4)5)23(30)32-14-19(27)31-13-18-16-10-11-17(20(16)22(29)33-18)21(28)34-25(6,7)8/h12,16-18,20,22,29H,10-11,13-14H2,1-9H3. The van der Waals surface area contributed by atoms with Crippen LogP contribution < -0.4 is 0 Å². The molecule has 6 atom stereocenters. The third-order valence-electron chi connectivity index (χ3n) is 6.89. The highest BCUT2D eigenvalue weighted by Gasteiger charge is 2.54. The van der Waals surface area contributed by atoms with Gasteiger partial charge in [-0.05, 0) is 65.7 Å². The second kappa shape index (κ2) is 10.4. The molecule has 1 saturated carbocycles. The molecule has 0 aromatic heterocycles. The topological polar surface area (TPSA) is 108 Å². The van der Waals surface area contributed by atoms with Gasteiger partial charge in [0.15, 0.2) is 12.9 Å². The van der Waals surface area contributed by atoms with E-state index in [-0.39, 0.29) is 18.5 Å². The summed E-state index contributed by atoms with van der Waals surface area (Å²) in [6.07, 6.45) is 1.45. The number of ether oxygens (including phenoxy) is 4. The largest absolute Gasteiger partial charge is 0.460 e. The number of fused-ring (bicyclic) bond motifs is 1. The van der Waals surface area contributed by atoms with Crippen LogP contribution in [0.5, 0.6) is 0 Å². The lowest BCUT2D eigenvalue weighted by molar-refractivity contribution is -0.173. The third kappa shape index (κ3) is 6.60. The van der Waals surface area contributed by atoms with Gasteiger partial charge in [0.1, 0.15) is 12.2 Å². The molecule has 194 valence electrons. The number of esters is 3. The van der Waals surface area contributed by atoms with Crippen molar-refractivity contribution in [2.75, 3.05) is 13.2 Å². The van der Waals surface area contributed by atoms with Crippen LogP contribution in [0.25, 0.3) is 0 Å². The van der Waals surface area contributed by atoms with Crippen LogP contribution in [0.4, 0.5) is 0 Å². The first kappa shape index (κ1) is 28.3. The Kier molecular flexibility index (Phi) is 8.63. The molecular formula is C26H42O8. The molecule has 1 aliphatic heterocycles. The summed E-state index contributed by atoms with van der Waals surface area (Å²) in [7, 11) is 0. The number of hydrogen-bond acceptors (Lipinski definition) is 8. The van der Waals surface area contributed by atoms with Crippen molar-refractivity contribution in [3.8, 4) is 0 Å². The molecule has 1 aliphatic carbocycles. The number of aliphatic hydroxyl groups excluding tert-OH is 1. The molecule has 1 heterocycles. The number of rotatable bonds is 7. The van der Waals surface area contributed by atoms with Crippen molar-refractivity contribution < 1.29 is 38.4 Å². The minimum Gasteiger partial charge on any atom is -0.460 e. The summed E-state index contributed by atoms with van der Waals surface area (Å²) in [5.74, 6) is -2.50. The highest BCUT2D eigenvalue weighted by molar-refractivity contribution is 5.82. The molecule has 8 heteroatoms. The monoisotopic (exact) mass is 482 g/mol. The summed E-state index contributed by atoms with van der Waals surface area (Å²) in [5, 5.41) is 10.4. The molecule has 8 nitrogen and oxygen atoms in total. The van der Waals surface area contributed by atoms with E-state index in [1.165, 1.54) is 0 Å². The number of aliphatic hydroxyl groups is 1. The van der Waals surface area contributed by atoms with Crippen LogP contribution in [0.1, 0.15) is 75.2 Å². The van der Waals surface area contributed by atoms with Crippen LogP contribution in [-0.2, 0) is 33.3 Å². The summed E-state index contributed by atoms with van der Waals surface area (Å²) < 4.78 is 21.7. The fraction of sp³-hybridized carbons (Fsp3) is 0.808. The highest BCUT2D eigenvalue weighted by atomic mass is 16.6. The minimum absolute atomic E-state index is 0.0832. The molecule has 0 aromatic carbocycles. The molecule has 2 fully saturated rings. The lowest BCUT2D eigenvalue weighted by Crippen LogP contribution is -2.41. The number of hydrogen-bond donors (Lipinski definition) is 1. The van der Waals surface area contributed by atoms with Gasteiger partial charge in [0.25, 0.3) is 0 Å². The zero-order valence-corrected chi connectivity index (χ0v) is 22.1. The van der Waals surface area contributed by atoms with Crippen molar-refractivity contribution >= 4 is 17.9 Å². The van der Waals surface area contributed by atoms with E-state index >= 15 is 0 Å². The van der Waals surface area contributed by atoms with E-state index in [0.717, 1.165) is 5.57 Å². The zero-order chi connectivity index (χ0) is 26.1. The Morgan fingerprint density at radius 1 is 1.00 bits per heavy atom. The van der Waals surface area contributed by atoms with Crippen LogP contribution in [0.2, 0.25) is 0 Å². The molecule has 0 radical (unpaired) electrons. The Morgan fingerprint density at radius 2 is 1.62 bits per heavy atom. The maximum absolute atomic E-state index is 12.8. The summed E-state index contributed by atoms with van der Waals surface area (Å²) in [4.78, 5) is 37.7. The van der Waals surface area contributed by atoms with E-state index in [2.05, 4.69) is 0 Å². The van der Waals surface area contributed by atoms with Crippen molar-refractivity contribution in [1.29, 1.82) is 0 Å². The Hall–Kier alpha value is -1.93. The van der Waals surface area contributed by atoms with Gasteiger partial charge in [0.2, 0.25) is 0 Å². The van der Waals surface area contributed by atoms with E-state index in [4.69, 9.17) is 18.9 Å². The molecular weight excluding hydrogens is 440 g/mol. The molecule has 0 bridgehead atoms. The van der Waals surface area contributed by atoms with E-state index in [1.807, 2.05) is 40.7 Å². The maximum Gasteiger partial charge on any atom is 0.344 e. The summed E-state index contributed by atoms with van der Waals surface area (Å²) in [5.41, 5.74) is -0.954. The normalized spacial score (nSPS) is 28.5. The molecule has 0 aromatic rings. The van der Waals surface area contributed by atoms with Crippen molar-refractivity contribution in [3.05, 3.63) is 11.6 Å². The van der Waals surface area contributed by atoms with Gasteiger partial charge in [-0.25, -0.2) is 4.79 Å². The Balaban J connectivity index is 1.91. The second-order valence-electron chi connectivity index (χ2n) is 12.0. The highest BCUT2D eigenvalue weighted by Crippen LogP contribution is 2.48. The third-order valence-corrected chi connectivity index (χ3v) is 6.89. The maximum atomic E-state index is 12.8. The predicted octanol–water partition coefficient (Wildman–Crippen LogP) is 3.79. The fourth-order valence-corrected chi connectivity index (χ4v) is 4.74. The van der Waals surface area contributed by atoms with Gasteiger partial charge in [-0.15, -0.1) is 0 Å². The first-order valence-corrected chi connectivity index (χ1v) is 12.0. The second-order valence-corrected chi connectivity index (χ2v) is 12.0. The summed E-state index contributed by atoms with van der Waals surface area (Å²) >= 11 is 0. The lowest BCUT2D eigenvalue weighted by Gasteiger charge is -2.37. The molecule has 0 spiro atoms. The van der Waals surface area contributed by atoms with Gasteiger partial charge in [-0.1, -0.05) is 32.4 Å². The average Bonchev–Trinajstić information content (AvgIpc) is 3.23. The molecule has 0 amide bonds. The van der Waals surface area contributed by atoms with Gasteiger partial charge in [-0.3, -0.25) is 9.59 Å². The van der Waals surface area contributed by atoms with Gasteiger partial charge < -0.3 is 24.1 Å². The summed E-state index contributed by atoms with van der Waals surface area (Å²) in [6.45, 7) is 16.3. The van der Waals surface area contributed by atoms with Crippen molar-refractivity contribution in [1.82, 2.24) is 0 Å². The van der Waals surface area contributed by atoms with Gasteiger partial charge in [0.05, 0.1) is 17.4 Å². The van der Waals surface area contributed by atoms with Crippen molar-refractivity contribution in [2.24, 2.45) is 28.6 Å². The predicted molar refractivity (Wildman–Crippen MR) is 125 cm³/mol. The quantitative estimate of drug-likeness (QED) is 0.332. The zero-order valence-electron chi connectivity index (χ0n) is 22.1. The first-order chi connectivity index (χ1) is 15.5. The van der Waals surface area contributed by atoms with Crippen LogP contribution in [0.3, 0.4) is 0 Å². The fourth-order valence-electron chi connectivity index (χ4n) is 4.74. The molecule has 1 N–H and O–H groups in total. The van der Waals surface area contributed by atoms with Gasteiger partial charge >= 0.3 is 17.9 Å². The van der Waals surface area contributed by atoms with E-state index in [1.54, 1.807) is 27.7 Å². The Labute approximate surface area is 203 Å². The van der Waals surface area contributed by atoms with Crippen LogP contribution >= 0.6 is 0 Å². The van der Waals surface area contributed by atoms with Crippen LogP contribution in [-0.4, -0.2) is 54.2 Å². The molecule has 1 saturated heterocycles. The summed E-state index contributed by atoms with van der Waals surface area (Å²) in [6, 6.07) is 0. The SMILES string of the molecule is CC(C)=CC(C)(C(=O)OCC(=O)OCC1OC(O)C2C(C(=O)OC(C)(C)C)CCC12)C(C)(C)C. The number of carbonyl (C=O) groups is 3. The molecule has 6 unspecified atom stereocenters. The minimum atomic E-state index is -1.12. The smallest absolute Gasteiger partial charge is 0.344 e. The molecule has 34 heavy (non-hydrogen) atoms. The molecule has 2 rings (SSSR count). The van der Waals surface area contributed by atoms with Crippen molar-refractivity contribution in [2.45, 2.75) is 93.2 Å². The molecule has 2 aliphatic rings. The lowest BCUT2D eigenvalue weighted by atomic mass is 9.67. The number of allylic oxidation sites excluding steroid dienone is 1.